The second-order valence-electron chi connectivity index (χ2n) is 5.55. The standard InChI is InChI=1S/C14H30N2O2/c1-13(2)10-15-11-14(12-17-3)18-9-8-16-6-4-5-7-16/h13-15H,4-12H2,1-3H3. The van der Waals surface area contributed by atoms with Crippen molar-refractivity contribution in [2.24, 2.45) is 5.92 Å². The van der Waals surface area contributed by atoms with Crippen LogP contribution in [0.4, 0.5) is 0 Å². The van der Waals surface area contributed by atoms with Gasteiger partial charge in [-0.25, -0.2) is 0 Å². The van der Waals surface area contributed by atoms with E-state index in [9.17, 15) is 0 Å². The molecule has 0 spiro atoms. The van der Waals surface area contributed by atoms with Crippen molar-refractivity contribution in [1.82, 2.24) is 10.2 Å². The van der Waals surface area contributed by atoms with E-state index in [2.05, 4.69) is 24.1 Å². The van der Waals surface area contributed by atoms with E-state index in [1.165, 1.54) is 25.9 Å². The van der Waals surface area contributed by atoms with E-state index in [0.29, 0.717) is 12.5 Å². The van der Waals surface area contributed by atoms with Crippen molar-refractivity contribution in [3.8, 4) is 0 Å². The lowest BCUT2D eigenvalue weighted by Crippen LogP contribution is -2.36. The summed E-state index contributed by atoms with van der Waals surface area (Å²) in [6, 6.07) is 0. The number of likely N-dealkylation sites (tertiary alicyclic amines) is 1. The van der Waals surface area contributed by atoms with Gasteiger partial charge in [0.25, 0.3) is 0 Å². The van der Waals surface area contributed by atoms with Gasteiger partial charge in [0.05, 0.1) is 19.3 Å². The molecule has 18 heavy (non-hydrogen) atoms. The van der Waals surface area contributed by atoms with Crippen molar-refractivity contribution in [3.63, 3.8) is 0 Å². The predicted molar refractivity (Wildman–Crippen MR) is 75.0 cm³/mol. The molecule has 0 aromatic carbocycles. The van der Waals surface area contributed by atoms with Gasteiger partial charge in [0, 0.05) is 20.2 Å². The molecule has 1 saturated heterocycles. The average Bonchev–Trinajstić information content (AvgIpc) is 2.81. The SMILES string of the molecule is COCC(CNCC(C)C)OCCN1CCCC1. The molecule has 0 bridgehead atoms. The number of nitrogens with zero attached hydrogens (tertiary/aromatic N) is 1. The summed E-state index contributed by atoms with van der Waals surface area (Å²) < 4.78 is 11.1. The van der Waals surface area contributed by atoms with E-state index < -0.39 is 0 Å². The van der Waals surface area contributed by atoms with Crippen LogP contribution in [0, 0.1) is 5.92 Å². The number of nitrogens with one attached hydrogen (secondary N) is 1. The zero-order valence-corrected chi connectivity index (χ0v) is 12.3. The molecule has 1 aliphatic heterocycles. The molecule has 0 aliphatic carbocycles. The second-order valence-corrected chi connectivity index (χ2v) is 5.55. The molecule has 4 heteroatoms. The summed E-state index contributed by atoms with van der Waals surface area (Å²) in [6.45, 7) is 11.4. The highest BCUT2D eigenvalue weighted by atomic mass is 16.5. The van der Waals surface area contributed by atoms with Gasteiger partial charge in [-0.05, 0) is 38.4 Å². The van der Waals surface area contributed by atoms with Crippen molar-refractivity contribution in [1.29, 1.82) is 0 Å². The molecular weight excluding hydrogens is 228 g/mol. The van der Waals surface area contributed by atoms with Gasteiger partial charge in [0.1, 0.15) is 0 Å². The van der Waals surface area contributed by atoms with Crippen LogP contribution in [0.15, 0.2) is 0 Å². The highest BCUT2D eigenvalue weighted by Gasteiger charge is 2.13. The lowest BCUT2D eigenvalue weighted by molar-refractivity contribution is -0.00744. The summed E-state index contributed by atoms with van der Waals surface area (Å²) in [5, 5.41) is 3.43. The summed E-state index contributed by atoms with van der Waals surface area (Å²) >= 11 is 0. The van der Waals surface area contributed by atoms with E-state index in [-0.39, 0.29) is 6.10 Å². The number of rotatable bonds is 10. The van der Waals surface area contributed by atoms with Gasteiger partial charge in [0.15, 0.2) is 0 Å². The Morgan fingerprint density at radius 3 is 2.50 bits per heavy atom. The van der Waals surface area contributed by atoms with Gasteiger partial charge >= 0.3 is 0 Å². The largest absolute Gasteiger partial charge is 0.382 e. The first-order valence-electron chi connectivity index (χ1n) is 7.26. The molecule has 0 amide bonds. The lowest BCUT2D eigenvalue weighted by atomic mass is 10.2. The smallest absolute Gasteiger partial charge is 0.0932 e. The molecule has 108 valence electrons. The van der Waals surface area contributed by atoms with Crippen molar-refractivity contribution >= 4 is 0 Å². The highest BCUT2D eigenvalue weighted by Crippen LogP contribution is 2.06. The Morgan fingerprint density at radius 1 is 1.17 bits per heavy atom. The topological polar surface area (TPSA) is 33.7 Å². The maximum atomic E-state index is 5.90. The molecule has 0 radical (unpaired) electrons. The fraction of sp³-hybridized carbons (Fsp3) is 1.00. The van der Waals surface area contributed by atoms with Crippen molar-refractivity contribution in [2.45, 2.75) is 32.8 Å². The molecule has 1 rings (SSSR count). The Labute approximate surface area is 112 Å². The average molecular weight is 258 g/mol. The van der Waals surface area contributed by atoms with E-state index in [0.717, 1.165) is 26.2 Å². The summed E-state index contributed by atoms with van der Waals surface area (Å²) in [5.74, 6) is 0.679. The quantitative estimate of drug-likeness (QED) is 0.641. The van der Waals surface area contributed by atoms with Gasteiger partial charge in [-0.15, -0.1) is 0 Å². The summed E-state index contributed by atoms with van der Waals surface area (Å²) in [4.78, 5) is 2.48. The Balaban J connectivity index is 2.07. The van der Waals surface area contributed by atoms with Crippen molar-refractivity contribution < 1.29 is 9.47 Å². The Hall–Kier alpha value is -0.160. The Morgan fingerprint density at radius 2 is 1.89 bits per heavy atom. The number of ether oxygens (including phenoxy) is 2. The van der Waals surface area contributed by atoms with Crippen molar-refractivity contribution in [2.75, 3.05) is 53.0 Å². The highest BCUT2D eigenvalue weighted by molar-refractivity contribution is 4.67. The first kappa shape index (κ1) is 15.9. The molecule has 4 nitrogen and oxygen atoms in total. The van der Waals surface area contributed by atoms with E-state index in [1.54, 1.807) is 7.11 Å². The zero-order chi connectivity index (χ0) is 13.2. The Kier molecular flexibility index (Phi) is 8.59. The third-order valence-corrected chi connectivity index (χ3v) is 3.24. The second kappa shape index (κ2) is 9.73. The third kappa shape index (κ3) is 7.31. The van der Waals surface area contributed by atoms with Crippen LogP contribution in [0.25, 0.3) is 0 Å². The maximum Gasteiger partial charge on any atom is 0.0932 e. The molecule has 0 aromatic rings. The molecular formula is C14H30N2O2. The summed E-state index contributed by atoms with van der Waals surface area (Å²) in [6.07, 6.45) is 2.87. The first-order valence-corrected chi connectivity index (χ1v) is 7.26. The van der Waals surface area contributed by atoms with Gasteiger partial charge in [-0.3, -0.25) is 0 Å². The minimum absolute atomic E-state index is 0.177. The molecule has 1 fully saturated rings. The number of hydrogen-bond acceptors (Lipinski definition) is 4. The van der Waals surface area contributed by atoms with Gasteiger partial charge < -0.3 is 19.7 Å². The molecule has 1 atom stereocenters. The fourth-order valence-corrected chi connectivity index (χ4v) is 2.24. The van der Waals surface area contributed by atoms with Gasteiger partial charge in [-0.2, -0.15) is 0 Å². The molecule has 0 aromatic heterocycles. The number of hydrogen-bond donors (Lipinski definition) is 1. The van der Waals surface area contributed by atoms with Crippen LogP contribution >= 0.6 is 0 Å². The molecule has 1 aliphatic rings. The van der Waals surface area contributed by atoms with E-state index >= 15 is 0 Å². The van der Waals surface area contributed by atoms with Gasteiger partial charge in [0.2, 0.25) is 0 Å². The van der Waals surface area contributed by atoms with Crippen LogP contribution in [0.5, 0.6) is 0 Å². The van der Waals surface area contributed by atoms with Crippen LogP contribution in [0.3, 0.4) is 0 Å². The number of methoxy groups -OCH3 is 1. The predicted octanol–water partition coefficient (Wildman–Crippen LogP) is 1.36. The minimum atomic E-state index is 0.177. The summed E-state index contributed by atoms with van der Waals surface area (Å²) in [5.41, 5.74) is 0. The van der Waals surface area contributed by atoms with Crippen LogP contribution < -0.4 is 5.32 Å². The normalized spacial score (nSPS) is 18.7. The van der Waals surface area contributed by atoms with Crippen molar-refractivity contribution in [3.05, 3.63) is 0 Å². The molecule has 1 heterocycles. The van der Waals surface area contributed by atoms with Crippen LogP contribution in [0.1, 0.15) is 26.7 Å². The molecule has 0 saturated carbocycles. The Bertz CT molecular complexity index is 194. The molecule has 1 N–H and O–H groups in total. The third-order valence-electron chi connectivity index (χ3n) is 3.24. The molecule has 1 unspecified atom stereocenters. The maximum absolute atomic E-state index is 5.90. The van der Waals surface area contributed by atoms with E-state index in [4.69, 9.17) is 9.47 Å². The van der Waals surface area contributed by atoms with E-state index in [1.807, 2.05) is 0 Å². The lowest BCUT2D eigenvalue weighted by Gasteiger charge is -2.21. The van der Waals surface area contributed by atoms with Crippen LogP contribution in [-0.2, 0) is 9.47 Å². The first-order chi connectivity index (χ1) is 8.72. The van der Waals surface area contributed by atoms with Gasteiger partial charge in [-0.1, -0.05) is 13.8 Å². The monoisotopic (exact) mass is 258 g/mol. The summed E-state index contributed by atoms with van der Waals surface area (Å²) in [7, 11) is 1.74. The zero-order valence-electron chi connectivity index (χ0n) is 12.3. The minimum Gasteiger partial charge on any atom is -0.382 e. The fourth-order valence-electron chi connectivity index (χ4n) is 2.24. The van der Waals surface area contributed by atoms with Crippen LogP contribution in [-0.4, -0.2) is 64.1 Å². The van der Waals surface area contributed by atoms with Crippen LogP contribution in [0.2, 0.25) is 0 Å².